The highest BCUT2D eigenvalue weighted by Gasteiger charge is 2.54. The second-order valence-corrected chi connectivity index (χ2v) is 3.14. The topological polar surface area (TPSA) is 0 Å². The molecule has 2 heteroatoms. The first-order chi connectivity index (χ1) is 4.23. The Labute approximate surface area is 58.5 Å². The van der Waals surface area contributed by atoms with E-state index in [0.29, 0.717) is 11.8 Å². The molecule has 0 saturated heterocycles. The van der Waals surface area contributed by atoms with Crippen molar-refractivity contribution in [1.82, 2.24) is 0 Å². The molecule has 9 heavy (non-hydrogen) atoms. The van der Waals surface area contributed by atoms with Gasteiger partial charge in [0.2, 0.25) is 0 Å². The molecule has 2 aliphatic carbocycles. The molecule has 1 fully saturated rings. The fourth-order valence-corrected chi connectivity index (χ4v) is 1.78. The summed E-state index contributed by atoms with van der Waals surface area (Å²) >= 11 is 0. The van der Waals surface area contributed by atoms with Gasteiger partial charge in [-0.2, -0.15) is 0 Å². The van der Waals surface area contributed by atoms with E-state index in [9.17, 15) is 0 Å². The van der Waals surface area contributed by atoms with Gasteiger partial charge < -0.3 is 0 Å². The Morgan fingerprint density at radius 2 is 2.22 bits per heavy atom. The molecule has 0 spiro atoms. The minimum absolute atomic E-state index is 0.340. The maximum Gasteiger partial charge on any atom is 0.0632 e. The van der Waals surface area contributed by atoms with E-state index in [4.69, 9.17) is 15.7 Å². The van der Waals surface area contributed by atoms with Crippen molar-refractivity contribution in [2.24, 2.45) is 11.8 Å². The molecule has 0 nitrogen and oxygen atoms in total. The first-order valence-electron chi connectivity index (χ1n) is 3.47. The molecule has 2 rings (SSSR count). The van der Waals surface area contributed by atoms with E-state index >= 15 is 0 Å². The molecule has 0 aromatic heterocycles. The Morgan fingerprint density at radius 3 is 2.67 bits per heavy atom. The summed E-state index contributed by atoms with van der Waals surface area (Å²) in [5.74, 6) is 1.08. The van der Waals surface area contributed by atoms with Crippen LogP contribution in [0.4, 0.5) is 0 Å². The van der Waals surface area contributed by atoms with Crippen LogP contribution in [0.25, 0.3) is 0 Å². The molecule has 4 radical (unpaired) electrons. The highest BCUT2D eigenvalue weighted by atomic mass is 14.5. The lowest BCUT2D eigenvalue weighted by atomic mass is 9.63. The number of fused-ring (bicyclic) bond motifs is 1. The minimum atomic E-state index is -0.340. The standard InChI is InChI=1S/C7H8B2/c8-7(9)5-3-1-2-4-6(5)7/h1,3,5-6H,2,4H2. The van der Waals surface area contributed by atoms with Gasteiger partial charge >= 0.3 is 0 Å². The average molecular weight is 114 g/mol. The highest BCUT2D eigenvalue weighted by Crippen LogP contribution is 2.64. The first kappa shape index (κ1) is 5.64. The third-order valence-electron chi connectivity index (χ3n) is 2.53. The van der Waals surface area contributed by atoms with Gasteiger partial charge in [-0.1, -0.05) is 17.4 Å². The van der Waals surface area contributed by atoms with E-state index in [1.807, 2.05) is 0 Å². The molecule has 42 valence electrons. The van der Waals surface area contributed by atoms with Crippen LogP contribution in [0.5, 0.6) is 0 Å². The van der Waals surface area contributed by atoms with Crippen LogP contribution in [0.2, 0.25) is 5.21 Å². The Balaban J connectivity index is 2.19. The summed E-state index contributed by atoms with van der Waals surface area (Å²) < 4.78 is 0. The first-order valence-corrected chi connectivity index (χ1v) is 3.47. The summed E-state index contributed by atoms with van der Waals surface area (Å²) in [7, 11) is 11.5. The molecule has 0 aromatic rings. The monoisotopic (exact) mass is 114 g/mol. The van der Waals surface area contributed by atoms with Crippen molar-refractivity contribution in [3.63, 3.8) is 0 Å². The summed E-state index contributed by atoms with van der Waals surface area (Å²) in [5.41, 5.74) is 0. The Hall–Kier alpha value is -0.130. The van der Waals surface area contributed by atoms with Crippen LogP contribution >= 0.6 is 0 Å². The SMILES string of the molecule is [B]C1([B])C2C=CCCC21. The van der Waals surface area contributed by atoms with Crippen molar-refractivity contribution in [2.45, 2.75) is 18.1 Å². The third-order valence-corrected chi connectivity index (χ3v) is 2.53. The molecule has 0 bridgehead atoms. The summed E-state index contributed by atoms with van der Waals surface area (Å²) in [6, 6.07) is 0. The van der Waals surface area contributed by atoms with Crippen molar-refractivity contribution >= 4 is 15.7 Å². The predicted molar refractivity (Wildman–Crippen MR) is 39.6 cm³/mol. The van der Waals surface area contributed by atoms with E-state index in [0.717, 1.165) is 6.42 Å². The van der Waals surface area contributed by atoms with Crippen LogP contribution in [0, 0.1) is 11.8 Å². The second kappa shape index (κ2) is 1.47. The molecular formula is C7H8B2. The van der Waals surface area contributed by atoms with E-state index in [-0.39, 0.29) is 5.21 Å². The highest BCUT2D eigenvalue weighted by molar-refractivity contribution is 6.43. The minimum Gasteiger partial charge on any atom is -0.0895 e. The van der Waals surface area contributed by atoms with Gasteiger partial charge in [0, 0.05) is 0 Å². The van der Waals surface area contributed by atoms with Crippen LogP contribution in [0.3, 0.4) is 0 Å². The van der Waals surface area contributed by atoms with E-state index in [2.05, 4.69) is 12.2 Å². The fourth-order valence-electron chi connectivity index (χ4n) is 1.78. The van der Waals surface area contributed by atoms with Crippen molar-refractivity contribution in [1.29, 1.82) is 0 Å². The lowest BCUT2D eigenvalue weighted by Gasteiger charge is -1.99. The molecule has 2 atom stereocenters. The van der Waals surface area contributed by atoms with Crippen molar-refractivity contribution in [3.05, 3.63) is 12.2 Å². The summed E-state index contributed by atoms with van der Waals surface area (Å²) in [5, 5.41) is -0.340. The number of rotatable bonds is 0. The molecule has 0 aliphatic heterocycles. The lowest BCUT2D eigenvalue weighted by Crippen LogP contribution is -1.93. The quantitative estimate of drug-likeness (QED) is 0.325. The van der Waals surface area contributed by atoms with Gasteiger partial charge in [0.25, 0.3) is 0 Å². The Kier molecular flexibility index (Phi) is 0.924. The van der Waals surface area contributed by atoms with Crippen molar-refractivity contribution in [3.8, 4) is 0 Å². The van der Waals surface area contributed by atoms with Crippen LogP contribution < -0.4 is 0 Å². The third kappa shape index (κ3) is 0.623. The van der Waals surface area contributed by atoms with Gasteiger partial charge in [0.15, 0.2) is 0 Å². The molecule has 0 amide bonds. The van der Waals surface area contributed by atoms with E-state index in [1.54, 1.807) is 0 Å². The van der Waals surface area contributed by atoms with Crippen molar-refractivity contribution in [2.75, 3.05) is 0 Å². The largest absolute Gasteiger partial charge is 0.0895 e. The molecule has 0 heterocycles. The van der Waals surface area contributed by atoms with Crippen LogP contribution in [-0.2, 0) is 0 Å². The molecular weight excluding hydrogens is 106 g/mol. The van der Waals surface area contributed by atoms with Gasteiger partial charge in [0.05, 0.1) is 15.7 Å². The van der Waals surface area contributed by atoms with Gasteiger partial charge in [-0.15, -0.1) is 0 Å². The second-order valence-electron chi connectivity index (χ2n) is 3.14. The summed E-state index contributed by atoms with van der Waals surface area (Å²) in [6.07, 6.45) is 6.70. The van der Waals surface area contributed by atoms with Gasteiger partial charge in [0.1, 0.15) is 0 Å². The van der Waals surface area contributed by atoms with Crippen LogP contribution in [-0.4, -0.2) is 15.7 Å². The zero-order chi connectivity index (χ0) is 6.48. The maximum absolute atomic E-state index is 5.74. The fraction of sp³-hybridized carbons (Fsp3) is 0.714. The molecule has 1 saturated carbocycles. The zero-order valence-electron chi connectivity index (χ0n) is 5.38. The molecule has 0 N–H and O–H groups in total. The number of hydrogen-bond acceptors (Lipinski definition) is 0. The molecule has 2 unspecified atom stereocenters. The molecule has 0 aromatic carbocycles. The maximum atomic E-state index is 5.74. The Bertz CT molecular complexity index is 160. The normalized spacial score (nSPS) is 44.0. The average Bonchev–Trinajstić information content (AvgIpc) is 2.39. The van der Waals surface area contributed by atoms with Crippen LogP contribution in [0.15, 0.2) is 12.2 Å². The summed E-state index contributed by atoms with van der Waals surface area (Å²) in [4.78, 5) is 0. The number of hydrogen-bond donors (Lipinski definition) is 0. The van der Waals surface area contributed by atoms with Crippen molar-refractivity contribution < 1.29 is 0 Å². The predicted octanol–water partition coefficient (Wildman–Crippen LogP) is 1.04. The lowest BCUT2D eigenvalue weighted by molar-refractivity contribution is 0.679. The zero-order valence-corrected chi connectivity index (χ0v) is 5.38. The van der Waals surface area contributed by atoms with Gasteiger partial charge in [-0.25, -0.2) is 0 Å². The van der Waals surface area contributed by atoms with E-state index in [1.165, 1.54) is 6.42 Å². The van der Waals surface area contributed by atoms with Gasteiger partial charge in [-0.3, -0.25) is 0 Å². The Morgan fingerprint density at radius 1 is 1.44 bits per heavy atom. The van der Waals surface area contributed by atoms with E-state index < -0.39 is 0 Å². The van der Waals surface area contributed by atoms with Gasteiger partial charge in [-0.05, 0) is 24.7 Å². The summed E-state index contributed by atoms with van der Waals surface area (Å²) in [6.45, 7) is 0. The van der Waals surface area contributed by atoms with Crippen LogP contribution in [0.1, 0.15) is 12.8 Å². The number of allylic oxidation sites excluding steroid dienone is 2. The smallest absolute Gasteiger partial charge is 0.0632 e. The molecule has 2 aliphatic rings.